The molecule has 138 valence electrons. The monoisotopic (exact) mass is 361 g/mol. The Hall–Kier alpha value is -3.21. The maximum Gasteiger partial charge on any atom is 0.322 e. The number of fused-ring (bicyclic) bond motifs is 1. The number of carbonyl (C=O) groups excluding carboxylic acids is 1. The first-order valence-electron chi connectivity index (χ1n) is 9.10. The minimum absolute atomic E-state index is 0.104. The maximum atomic E-state index is 13.2. The van der Waals surface area contributed by atoms with Crippen LogP contribution in [0.2, 0.25) is 0 Å². The number of hydrogen-bond acceptors (Lipinski definition) is 2. The van der Waals surface area contributed by atoms with Crippen LogP contribution < -0.4 is 10.1 Å². The molecule has 1 N–H and O–H groups in total. The second-order valence-electron chi connectivity index (χ2n) is 6.71. The lowest BCUT2D eigenvalue weighted by Gasteiger charge is -2.37. The van der Waals surface area contributed by atoms with Crippen molar-refractivity contribution >= 4 is 11.7 Å². The van der Waals surface area contributed by atoms with Crippen LogP contribution in [0.4, 0.5) is 10.5 Å². The third kappa shape index (κ3) is 3.16. The van der Waals surface area contributed by atoms with Gasteiger partial charge >= 0.3 is 6.03 Å². The molecule has 1 aliphatic heterocycles. The zero-order chi connectivity index (χ0) is 18.8. The third-order valence-electron chi connectivity index (χ3n) is 5.12. The fourth-order valence-corrected chi connectivity index (χ4v) is 3.72. The summed E-state index contributed by atoms with van der Waals surface area (Å²) in [6.07, 6.45) is 2.06. The lowest BCUT2D eigenvalue weighted by molar-refractivity contribution is 0.180. The second-order valence-corrected chi connectivity index (χ2v) is 6.71. The SMILES string of the molecule is COc1ccccc1C1c2cccn2CCN1C(=O)Nc1ccccc1C. The van der Waals surface area contributed by atoms with Crippen molar-refractivity contribution in [2.45, 2.75) is 19.5 Å². The van der Waals surface area contributed by atoms with Gasteiger partial charge in [0.25, 0.3) is 0 Å². The molecule has 0 spiro atoms. The highest BCUT2D eigenvalue weighted by atomic mass is 16.5. The number of aromatic nitrogens is 1. The number of aryl methyl sites for hydroxylation is 1. The first-order chi connectivity index (χ1) is 13.2. The van der Waals surface area contributed by atoms with E-state index in [9.17, 15) is 4.79 Å². The Kier molecular flexibility index (Phi) is 4.59. The Morgan fingerprint density at radius 3 is 2.63 bits per heavy atom. The van der Waals surface area contributed by atoms with E-state index in [4.69, 9.17) is 4.74 Å². The summed E-state index contributed by atoms with van der Waals surface area (Å²) in [5, 5.41) is 3.08. The number of rotatable bonds is 3. The fraction of sp³-hybridized carbons (Fsp3) is 0.227. The van der Waals surface area contributed by atoms with Crippen molar-refractivity contribution in [3.63, 3.8) is 0 Å². The zero-order valence-corrected chi connectivity index (χ0v) is 15.6. The summed E-state index contributed by atoms with van der Waals surface area (Å²) in [4.78, 5) is 15.1. The molecule has 4 rings (SSSR count). The molecule has 1 aromatic heterocycles. The van der Waals surface area contributed by atoms with Crippen LogP contribution in [0.5, 0.6) is 5.75 Å². The van der Waals surface area contributed by atoms with Gasteiger partial charge in [0.2, 0.25) is 0 Å². The topological polar surface area (TPSA) is 46.5 Å². The Morgan fingerprint density at radius 2 is 1.81 bits per heavy atom. The summed E-state index contributed by atoms with van der Waals surface area (Å²) in [5.74, 6) is 0.783. The van der Waals surface area contributed by atoms with Gasteiger partial charge in [0, 0.05) is 36.2 Å². The molecule has 0 aliphatic carbocycles. The molecule has 2 amide bonds. The summed E-state index contributed by atoms with van der Waals surface area (Å²) in [6.45, 7) is 3.39. The van der Waals surface area contributed by atoms with Gasteiger partial charge in [-0.1, -0.05) is 36.4 Å². The largest absolute Gasteiger partial charge is 0.496 e. The number of carbonyl (C=O) groups is 1. The molecule has 0 bridgehead atoms. The Balaban J connectivity index is 1.73. The highest BCUT2D eigenvalue weighted by Crippen LogP contribution is 2.37. The van der Waals surface area contributed by atoms with E-state index in [1.807, 2.05) is 66.4 Å². The number of ether oxygens (including phenoxy) is 1. The van der Waals surface area contributed by atoms with Crippen LogP contribution in [0.3, 0.4) is 0 Å². The number of para-hydroxylation sites is 2. The maximum absolute atomic E-state index is 13.2. The van der Waals surface area contributed by atoms with E-state index in [-0.39, 0.29) is 12.1 Å². The molecular formula is C22H23N3O2. The van der Waals surface area contributed by atoms with E-state index in [1.165, 1.54) is 0 Å². The normalized spacial score (nSPS) is 15.9. The average molecular weight is 361 g/mol. The van der Waals surface area contributed by atoms with Crippen molar-refractivity contribution < 1.29 is 9.53 Å². The molecule has 2 aromatic carbocycles. The van der Waals surface area contributed by atoms with E-state index < -0.39 is 0 Å². The number of methoxy groups -OCH3 is 1. The molecule has 0 radical (unpaired) electrons. The summed E-state index contributed by atoms with van der Waals surface area (Å²) in [5.41, 5.74) is 3.95. The molecule has 0 fully saturated rings. The van der Waals surface area contributed by atoms with Gasteiger partial charge in [-0.3, -0.25) is 0 Å². The van der Waals surface area contributed by atoms with Crippen LogP contribution in [0.25, 0.3) is 0 Å². The highest BCUT2D eigenvalue weighted by Gasteiger charge is 2.34. The van der Waals surface area contributed by atoms with E-state index >= 15 is 0 Å². The van der Waals surface area contributed by atoms with Crippen LogP contribution in [0, 0.1) is 6.92 Å². The van der Waals surface area contributed by atoms with Gasteiger partial charge in [0.15, 0.2) is 0 Å². The first-order valence-corrected chi connectivity index (χ1v) is 9.10. The van der Waals surface area contributed by atoms with Crippen LogP contribution >= 0.6 is 0 Å². The van der Waals surface area contributed by atoms with Gasteiger partial charge < -0.3 is 19.5 Å². The summed E-state index contributed by atoms with van der Waals surface area (Å²) in [6, 6.07) is 19.5. The zero-order valence-electron chi connectivity index (χ0n) is 15.6. The van der Waals surface area contributed by atoms with Crippen LogP contribution in [0.15, 0.2) is 66.9 Å². The molecular weight excluding hydrogens is 338 g/mol. The van der Waals surface area contributed by atoms with Crippen molar-refractivity contribution in [1.82, 2.24) is 9.47 Å². The second kappa shape index (κ2) is 7.19. The quantitative estimate of drug-likeness (QED) is 0.749. The molecule has 2 heterocycles. The van der Waals surface area contributed by atoms with Gasteiger partial charge in [-0.2, -0.15) is 0 Å². The minimum Gasteiger partial charge on any atom is -0.496 e. The van der Waals surface area contributed by atoms with Gasteiger partial charge in [0.1, 0.15) is 11.8 Å². The predicted molar refractivity (Wildman–Crippen MR) is 106 cm³/mol. The van der Waals surface area contributed by atoms with Gasteiger partial charge in [-0.05, 0) is 36.8 Å². The minimum atomic E-state index is -0.200. The smallest absolute Gasteiger partial charge is 0.322 e. The van der Waals surface area contributed by atoms with Crippen molar-refractivity contribution in [2.24, 2.45) is 0 Å². The highest BCUT2D eigenvalue weighted by molar-refractivity contribution is 5.90. The van der Waals surface area contributed by atoms with E-state index in [1.54, 1.807) is 7.11 Å². The molecule has 0 saturated carbocycles. The van der Waals surface area contributed by atoms with Crippen LogP contribution in [0.1, 0.15) is 22.9 Å². The van der Waals surface area contributed by atoms with E-state index in [0.717, 1.165) is 34.8 Å². The number of nitrogens with zero attached hydrogens (tertiary/aromatic N) is 2. The van der Waals surface area contributed by atoms with E-state index in [0.29, 0.717) is 6.54 Å². The molecule has 0 saturated heterocycles. The number of benzene rings is 2. The van der Waals surface area contributed by atoms with Crippen molar-refractivity contribution in [2.75, 3.05) is 19.0 Å². The Bertz CT molecular complexity index is 963. The van der Waals surface area contributed by atoms with Crippen molar-refractivity contribution in [3.8, 4) is 5.75 Å². The summed E-state index contributed by atoms with van der Waals surface area (Å²) >= 11 is 0. The van der Waals surface area contributed by atoms with Gasteiger partial charge in [-0.15, -0.1) is 0 Å². The van der Waals surface area contributed by atoms with Crippen molar-refractivity contribution in [1.29, 1.82) is 0 Å². The number of hydrogen-bond donors (Lipinski definition) is 1. The van der Waals surface area contributed by atoms with Gasteiger partial charge in [-0.25, -0.2) is 4.79 Å². The first kappa shape index (κ1) is 17.2. The molecule has 1 atom stereocenters. The Labute approximate surface area is 159 Å². The lowest BCUT2D eigenvalue weighted by Crippen LogP contribution is -2.44. The van der Waals surface area contributed by atoms with Gasteiger partial charge in [0.05, 0.1) is 7.11 Å². The molecule has 5 nitrogen and oxygen atoms in total. The summed E-state index contributed by atoms with van der Waals surface area (Å²) in [7, 11) is 1.67. The predicted octanol–water partition coefficient (Wildman–Crippen LogP) is 4.44. The molecule has 3 aromatic rings. The molecule has 1 aliphatic rings. The average Bonchev–Trinajstić information content (AvgIpc) is 3.17. The van der Waals surface area contributed by atoms with Crippen LogP contribution in [-0.4, -0.2) is 29.2 Å². The van der Waals surface area contributed by atoms with Crippen molar-refractivity contribution in [3.05, 3.63) is 83.7 Å². The molecule has 27 heavy (non-hydrogen) atoms. The lowest BCUT2D eigenvalue weighted by atomic mass is 9.99. The third-order valence-corrected chi connectivity index (χ3v) is 5.12. The number of urea groups is 1. The number of anilines is 1. The molecule has 1 unspecified atom stereocenters. The Morgan fingerprint density at radius 1 is 1.04 bits per heavy atom. The standard InChI is InChI=1S/C22H23N3O2/c1-16-8-3-5-10-18(16)23-22(26)25-15-14-24-13-7-11-19(24)21(25)17-9-4-6-12-20(17)27-2/h3-13,21H,14-15H2,1-2H3,(H,23,26). The van der Waals surface area contributed by atoms with Crippen LogP contribution in [-0.2, 0) is 6.54 Å². The number of nitrogens with one attached hydrogen (secondary N) is 1. The van der Waals surface area contributed by atoms with E-state index in [2.05, 4.69) is 22.1 Å². The summed E-state index contributed by atoms with van der Waals surface area (Å²) < 4.78 is 7.79. The molecule has 5 heteroatoms. The number of amides is 2. The fourth-order valence-electron chi connectivity index (χ4n) is 3.72.